The summed E-state index contributed by atoms with van der Waals surface area (Å²) in [5.41, 5.74) is 0.397. The van der Waals surface area contributed by atoms with E-state index in [9.17, 15) is 9.59 Å². The molecule has 0 heterocycles. The van der Waals surface area contributed by atoms with Gasteiger partial charge in [-0.05, 0) is 12.8 Å². The maximum Gasteiger partial charge on any atom is 0.331 e. The Labute approximate surface area is 70.3 Å². The van der Waals surface area contributed by atoms with E-state index < -0.39 is 5.97 Å². The van der Waals surface area contributed by atoms with Gasteiger partial charge in [-0.25, -0.2) is 4.79 Å². The van der Waals surface area contributed by atoms with Crippen LogP contribution in [0, 0.1) is 0 Å². The Morgan fingerprint density at radius 3 is 2.75 bits per heavy atom. The number of carbonyl (C=O) groups is 2. The topological polar surface area (TPSA) is 66.4 Å². The smallest absolute Gasteiger partial charge is 0.331 e. The Balaban J connectivity index is 2.41. The number of carbonyl (C=O) groups excluding carboxylic acids is 1. The van der Waals surface area contributed by atoms with E-state index in [1.165, 1.54) is 6.92 Å². The molecular formula is C8H11NO3. The quantitative estimate of drug-likeness (QED) is 0.624. The molecule has 0 aromatic carbocycles. The van der Waals surface area contributed by atoms with E-state index >= 15 is 0 Å². The molecule has 1 atom stereocenters. The number of hydrogen-bond acceptors (Lipinski definition) is 2. The van der Waals surface area contributed by atoms with Crippen molar-refractivity contribution in [2.75, 3.05) is 0 Å². The lowest BCUT2D eigenvalue weighted by Crippen LogP contribution is -2.31. The summed E-state index contributed by atoms with van der Waals surface area (Å²) in [5.74, 6) is -0.997. The average Bonchev–Trinajstić information content (AvgIpc) is 2.34. The summed E-state index contributed by atoms with van der Waals surface area (Å²) in [6.45, 7) is 1.43. The normalized spacial score (nSPS) is 21.8. The van der Waals surface area contributed by atoms with Crippen molar-refractivity contribution in [1.29, 1.82) is 0 Å². The van der Waals surface area contributed by atoms with Crippen LogP contribution in [0.3, 0.4) is 0 Å². The highest BCUT2D eigenvalue weighted by Crippen LogP contribution is 2.18. The fourth-order valence-electron chi connectivity index (χ4n) is 1.29. The lowest BCUT2D eigenvalue weighted by Gasteiger charge is -2.09. The van der Waals surface area contributed by atoms with Crippen molar-refractivity contribution in [2.45, 2.75) is 25.8 Å². The van der Waals surface area contributed by atoms with Gasteiger partial charge in [-0.1, -0.05) is 6.08 Å². The molecule has 1 unspecified atom stereocenters. The Bertz CT molecular complexity index is 245. The molecule has 1 aliphatic carbocycles. The number of carboxylic acids is 1. The molecule has 1 aliphatic rings. The summed E-state index contributed by atoms with van der Waals surface area (Å²) in [6, 6.07) is -0.0198. The van der Waals surface area contributed by atoms with Gasteiger partial charge >= 0.3 is 5.97 Å². The molecule has 0 fully saturated rings. The van der Waals surface area contributed by atoms with E-state index in [0.717, 1.165) is 0 Å². The van der Waals surface area contributed by atoms with Gasteiger partial charge in [0.1, 0.15) is 0 Å². The predicted octanol–water partition coefficient (Wildman–Crippen LogP) is 0.296. The minimum atomic E-state index is -0.886. The van der Waals surface area contributed by atoms with Crippen molar-refractivity contribution in [3.05, 3.63) is 11.6 Å². The molecule has 0 saturated carbocycles. The first kappa shape index (κ1) is 8.77. The second-order valence-electron chi connectivity index (χ2n) is 2.87. The average molecular weight is 169 g/mol. The fraction of sp³-hybridized carbons (Fsp3) is 0.500. The summed E-state index contributed by atoms with van der Waals surface area (Å²) >= 11 is 0. The van der Waals surface area contributed by atoms with Crippen LogP contribution < -0.4 is 5.32 Å². The largest absolute Gasteiger partial charge is 0.478 e. The van der Waals surface area contributed by atoms with Crippen molar-refractivity contribution >= 4 is 11.9 Å². The molecule has 0 aliphatic heterocycles. The van der Waals surface area contributed by atoms with Crippen LogP contribution >= 0.6 is 0 Å². The highest BCUT2D eigenvalue weighted by atomic mass is 16.4. The first-order valence-electron chi connectivity index (χ1n) is 3.79. The van der Waals surface area contributed by atoms with Crippen LogP contribution in [-0.2, 0) is 9.59 Å². The fourth-order valence-corrected chi connectivity index (χ4v) is 1.29. The van der Waals surface area contributed by atoms with Crippen LogP contribution in [0.1, 0.15) is 19.8 Å². The number of hydrogen-bond donors (Lipinski definition) is 2. The van der Waals surface area contributed by atoms with Crippen molar-refractivity contribution < 1.29 is 14.7 Å². The summed E-state index contributed by atoms with van der Waals surface area (Å²) in [6.07, 6.45) is 2.72. The maximum absolute atomic E-state index is 10.6. The van der Waals surface area contributed by atoms with Gasteiger partial charge in [-0.15, -0.1) is 0 Å². The van der Waals surface area contributed by atoms with Crippen LogP contribution in [0.2, 0.25) is 0 Å². The predicted molar refractivity (Wildman–Crippen MR) is 42.6 cm³/mol. The Morgan fingerprint density at radius 2 is 2.33 bits per heavy atom. The third-order valence-electron chi connectivity index (χ3n) is 1.80. The molecule has 1 amide bonds. The molecular weight excluding hydrogens is 158 g/mol. The lowest BCUT2D eigenvalue weighted by atomic mass is 10.2. The molecule has 66 valence electrons. The van der Waals surface area contributed by atoms with Crippen molar-refractivity contribution in [3.8, 4) is 0 Å². The Hall–Kier alpha value is -1.32. The third kappa shape index (κ3) is 2.08. The van der Waals surface area contributed by atoms with Crippen LogP contribution in [-0.4, -0.2) is 23.0 Å². The molecule has 0 bridgehead atoms. The van der Waals surface area contributed by atoms with Gasteiger partial charge in [0.05, 0.1) is 0 Å². The van der Waals surface area contributed by atoms with Gasteiger partial charge in [-0.2, -0.15) is 0 Å². The maximum atomic E-state index is 10.6. The first-order chi connectivity index (χ1) is 5.59. The van der Waals surface area contributed by atoms with E-state index in [1.807, 2.05) is 0 Å². The number of rotatable bonds is 2. The second kappa shape index (κ2) is 3.38. The SMILES string of the molecule is CC(=O)NC1CC=C(C(=O)O)C1. The van der Waals surface area contributed by atoms with Crippen LogP contribution in [0.25, 0.3) is 0 Å². The van der Waals surface area contributed by atoms with Gasteiger partial charge < -0.3 is 10.4 Å². The van der Waals surface area contributed by atoms with Gasteiger partial charge in [0.2, 0.25) is 5.91 Å². The minimum Gasteiger partial charge on any atom is -0.478 e. The zero-order chi connectivity index (χ0) is 9.14. The monoisotopic (exact) mass is 169 g/mol. The second-order valence-corrected chi connectivity index (χ2v) is 2.87. The van der Waals surface area contributed by atoms with Crippen molar-refractivity contribution in [2.24, 2.45) is 0 Å². The Kier molecular flexibility index (Phi) is 2.47. The van der Waals surface area contributed by atoms with E-state index in [0.29, 0.717) is 18.4 Å². The number of carboxylic acid groups (broad SMARTS) is 1. The molecule has 12 heavy (non-hydrogen) atoms. The van der Waals surface area contributed by atoms with Crippen LogP contribution in [0.15, 0.2) is 11.6 Å². The third-order valence-corrected chi connectivity index (χ3v) is 1.80. The standard InChI is InChI=1S/C8H11NO3/c1-5(10)9-7-3-2-6(4-7)8(11)12/h2,7H,3-4H2,1H3,(H,9,10)(H,11,12). The van der Waals surface area contributed by atoms with Crippen LogP contribution in [0.4, 0.5) is 0 Å². The van der Waals surface area contributed by atoms with Crippen molar-refractivity contribution in [3.63, 3.8) is 0 Å². The molecule has 2 N–H and O–H groups in total. The molecule has 0 aromatic heterocycles. The number of aliphatic carboxylic acids is 1. The van der Waals surface area contributed by atoms with Crippen molar-refractivity contribution in [1.82, 2.24) is 5.32 Å². The van der Waals surface area contributed by atoms with E-state index in [4.69, 9.17) is 5.11 Å². The molecule has 4 heteroatoms. The van der Waals surface area contributed by atoms with E-state index in [1.54, 1.807) is 6.08 Å². The highest BCUT2D eigenvalue weighted by molar-refractivity contribution is 5.87. The van der Waals surface area contributed by atoms with Gasteiger partial charge in [-0.3, -0.25) is 4.79 Å². The lowest BCUT2D eigenvalue weighted by molar-refractivity contribution is -0.133. The molecule has 0 radical (unpaired) electrons. The van der Waals surface area contributed by atoms with Gasteiger partial charge in [0, 0.05) is 18.5 Å². The molecule has 0 aromatic rings. The zero-order valence-corrected chi connectivity index (χ0v) is 6.83. The molecule has 0 saturated heterocycles. The van der Waals surface area contributed by atoms with E-state index in [-0.39, 0.29) is 11.9 Å². The molecule has 0 spiro atoms. The van der Waals surface area contributed by atoms with Gasteiger partial charge in [0.25, 0.3) is 0 Å². The summed E-state index contributed by atoms with van der Waals surface area (Å²) < 4.78 is 0. The Morgan fingerprint density at radius 1 is 1.67 bits per heavy atom. The van der Waals surface area contributed by atoms with Crippen LogP contribution in [0.5, 0.6) is 0 Å². The molecule has 1 rings (SSSR count). The molecule has 4 nitrogen and oxygen atoms in total. The minimum absolute atomic E-state index is 0.0198. The van der Waals surface area contributed by atoms with Gasteiger partial charge in [0.15, 0.2) is 0 Å². The summed E-state index contributed by atoms with van der Waals surface area (Å²) in [4.78, 5) is 21.0. The zero-order valence-electron chi connectivity index (χ0n) is 6.83. The number of nitrogens with one attached hydrogen (secondary N) is 1. The van der Waals surface area contributed by atoms with E-state index in [2.05, 4.69) is 5.32 Å². The number of amides is 1. The first-order valence-corrected chi connectivity index (χ1v) is 3.79. The summed E-state index contributed by atoms with van der Waals surface area (Å²) in [5, 5.41) is 11.3. The highest BCUT2D eigenvalue weighted by Gasteiger charge is 2.21. The summed E-state index contributed by atoms with van der Waals surface area (Å²) in [7, 11) is 0.